The molecule has 5 aromatic heterocycles. The summed E-state index contributed by atoms with van der Waals surface area (Å²) in [5.41, 5.74) is 10.3. The van der Waals surface area contributed by atoms with Gasteiger partial charge in [0, 0.05) is 73.5 Å². The standard InChI is InChI=1S/C62H33N5S2/c63-34-47-58(67-53-26-12-5-19-41(53)44-30-31-45-42-20-6-14-28-55(42)69-62(45)61(44)67)48(35-64)60(66-51-24-10-3-17-39(51)40-18-4-11-25-52(40)66)57(36-29-32-56-46(33-36)43-21-7-13-27-54(43)68-56)59(47)65-49-22-8-1-15-37(49)38-16-2-9-23-50(38)65/h1-33H. The summed E-state index contributed by atoms with van der Waals surface area (Å²) in [5.74, 6) is 0. The van der Waals surface area contributed by atoms with Crippen LogP contribution in [-0.2, 0) is 0 Å². The summed E-state index contributed by atoms with van der Waals surface area (Å²) in [7, 11) is 0. The first-order chi connectivity index (χ1) is 34.2. The fourth-order valence-corrected chi connectivity index (χ4v) is 13.9. The van der Waals surface area contributed by atoms with E-state index in [1.807, 2.05) is 0 Å². The molecule has 5 nitrogen and oxygen atoms in total. The van der Waals surface area contributed by atoms with Gasteiger partial charge in [-0.1, -0.05) is 146 Å². The Bertz CT molecular complexity index is 4570. The second kappa shape index (κ2) is 14.3. The molecule has 0 fully saturated rings. The van der Waals surface area contributed by atoms with Crippen molar-refractivity contribution < 1.29 is 0 Å². The van der Waals surface area contributed by atoms with Crippen LogP contribution in [-0.4, -0.2) is 13.7 Å². The largest absolute Gasteiger partial charge is 0.307 e. The number of hydrogen-bond acceptors (Lipinski definition) is 4. The molecule has 318 valence electrons. The topological polar surface area (TPSA) is 62.4 Å². The fourth-order valence-electron chi connectivity index (χ4n) is 11.5. The van der Waals surface area contributed by atoms with Gasteiger partial charge in [-0.2, -0.15) is 10.5 Å². The molecule has 15 rings (SSSR count). The SMILES string of the molecule is N#Cc1c(-n2c3ccccc3c3ccccc32)c(-c2ccc3sc4ccccc4c3c2)c(-n2c3ccccc3c3ccccc32)c(C#N)c1-n1c2ccccc2c2ccc3c4ccccc4sc3c21. The van der Waals surface area contributed by atoms with E-state index in [0.29, 0.717) is 28.2 Å². The molecule has 0 unspecified atom stereocenters. The Morgan fingerprint density at radius 2 is 0.710 bits per heavy atom. The van der Waals surface area contributed by atoms with Gasteiger partial charge < -0.3 is 13.7 Å². The van der Waals surface area contributed by atoms with Gasteiger partial charge in [-0.25, -0.2) is 0 Å². The molecule has 0 aliphatic rings. The molecular weight excluding hydrogens is 879 g/mol. The van der Waals surface area contributed by atoms with Crippen molar-refractivity contribution in [2.75, 3.05) is 0 Å². The predicted octanol–water partition coefficient (Wildman–Crippen LogP) is 17.1. The summed E-state index contributed by atoms with van der Waals surface area (Å²) in [6, 6.07) is 76.5. The second-order valence-electron chi connectivity index (χ2n) is 17.7. The normalized spacial score (nSPS) is 12.0. The molecule has 0 saturated carbocycles. The van der Waals surface area contributed by atoms with Gasteiger partial charge in [0.15, 0.2) is 0 Å². The number of thiophene rings is 2. The van der Waals surface area contributed by atoms with Gasteiger partial charge in [-0.05, 0) is 60.2 Å². The van der Waals surface area contributed by atoms with Gasteiger partial charge in [0.25, 0.3) is 0 Å². The Morgan fingerprint density at radius 1 is 0.319 bits per heavy atom. The Balaban J connectivity index is 1.26. The molecule has 0 saturated heterocycles. The highest BCUT2D eigenvalue weighted by Gasteiger charge is 2.33. The number of aromatic nitrogens is 3. The number of nitrogens with zero attached hydrogens (tertiary/aromatic N) is 5. The Kier molecular flexibility index (Phi) is 7.89. The van der Waals surface area contributed by atoms with E-state index in [4.69, 9.17) is 0 Å². The van der Waals surface area contributed by atoms with E-state index < -0.39 is 0 Å². The average Bonchev–Trinajstić information content (AvgIpc) is 4.21. The zero-order chi connectivity index (χ0) is 45.5. The summed E-state index contributed by atoms with van der Waals surface area (Å²) in [5, 5.41) is 35.8. The van der Waals surface area contributed by atoms with Gasteiger partial charge in [0.1, 0.15) is 23.3 Å². The van der Waals surface area contributed by atoms with Crippen molar-refractivity contribution in [1.29, 1.82) is 10.5 Å². The Labute approximate surface area is 402 Å². The van der Waals surface area contributed by atoms with Crippen LogP contribution < -0.4 is 0 Å². The third-order valence-corrected chi connectivity index (χ3v) is 16.7. The van der Waals surface area contributed by atoms with Crippen LogP contribution >= 0.6 is 22.7 Å². The highest BCUT2D eigenvalue weighted by Crippen LogP contribution is 2.51. The summed E-state index contributed by atoms with van der Waals surface area (Å²) in [6.07, 6.45) is 0. The molecule has 0 radical (unpaired) electrons. The average molecular weight is 912 g/mol. The van der Waals surface area contributed by atoms with Crippen LogP contribution in [0.25, 0.3) is 134 Å². The van der Waals surface area contributed by atoms with Gasteiger partial charge in [-0.15, -0.1) is 22.7 Å². The fraction of sp³-hybridized carbons (Fsp3) is 0. The van der Waals surface area contributed by atoms with Crippen molar-refractivity contribution >= 4 is 128 Å². The van der Waals surface area contributed by atoms with Crippen molar-refractivity contribution in [2.45, 2.75) is 0 Å². The summed E-state index contributed by atoms with van der Waals surface area (Å²) in [6.45, 7) is 0. The minimum absolute atomic E-state index is 0.411. The van der Waals surface area contributed by atoms with E-state index in [1.165, 1.54) is 24.9 Å². The molecule has 0 N–H and O–H groups in total. The zero-order valence-electron chi connectivity index (χ0n) is 36.6. The van der Waals surface area contributed by atoms with Crippen LogP contribution in [0.1, 0.15) is 11.1 Å². The number of benzene rings is 10. The summed E-state index contributed by atoms with van der Waals surface area (Å²) < 4.78 is 11.5. The quantitative estimate of drug-likeness (QED) is 0.177. The maximum Gasteiger partial charge on any atom is 0.104 e. The Morgan fingerprint density at radius 3 is 1.22 bits per heavy atom. The smallest absolute Gasteiger partial charge is 0.104 e. The molecule has 0 spiro atoms. The first-order valence-electron chi connectivity index (χ1n) is 23.0. The molecule has 0 aliphatic carbocycles. The van der Waals surface area contributed by atoms with E-state index in [-0.39, 0.29) is 0 Å². The molecule has 7 heteroatoms. The van der Waals surface area contributed by atoms with Gasteiger partial charge >= 0.3 is 0 Å². The lowest BCUT2D eigenvalue weighted by molar-refractivity contribution is 1.08. The number of para-hydroxylation sites is 5. The van der Waals surface area contributed by atoms with Crippen molar-refractivity contribution in [1.82, 2.24) is 13.7 Å². The molecule has 10 aromatic carbocycles. The lowest BCUT2D eigenvalue weighted by atomic mass is 9.91. The summed E-state index contributed by atoms with van der Waals surface area (Å²) >= 11 is 3.54. The lowest BCUT2D eigenvalue weighted by Crippen LogP contribution is -2.14. The van der Waals surface area contributed by atoms with E-state index in [9.17, 15) is 10.5 Å². The minimum atomic E-state index is 0.411. The van der Waals surface area contributed by atoms with Crippen LogP contribution in [0, 0.1) is 22.7 Å². The van der Waals surface area contributed by atoms with Crippen LogP contribution in [0.3, 0.4) is 0 Å². The van der Waals surface area contributed by atoms with E-state index in [1.54, 1.807) is 22.7 Å². The first kappa shape index (κ1) is 38.2. The van der Waals surface area contributed by atoms with Crippen molar-refractivity contribution in [3.8, 4) is 40.3 Å². The van der Waals surface area contributed by atoms with E-state index in [2.05, 4.69) is 226 Å². The molecule has 0 atom stereocenters. The minimum Gasteiger partial charge on any atom is -0.307 e. The van der Waals surface area contributed by atoms with Gasteiger partial charge in [0.05, 0.1) is 54.9 Å². The van der Waals surface area contributed by atoms with Crippen LogP contribution in [0.2, 0.25) is 0 Å². The second-order valence-corrected chi connectivity index (χ2v) is 19.9. The third-order valence-electron chi connectivity index (χ3n) is 14.3. The maximum absolute atomic E-state index is 12.4. The zero-order valence-corrected chi connectivity index (χ0v) is 38.2. The molecule has 15 aromatic rings. The molecule has 0 aliphatic heterocycles. The number of hydrogen-bond donors (Lipinski definition) is 0. The first-order valence-corrected chi connectivity index (χ1v) is 24.6. The van der Waals surface area contributed by atoms with Crippen molar-refractivity contribution in [3.05, 3.63) is 211 Å². The Hall–Kier alpha value is -8.98. The summed E-state index contributed by atoms with van der Waals surface area (Å²) in [4.78, 5) is 0. The highest BCUT2D eigenvalue weighted by atomic mass is 32.1. The van der Waals surface area contributed by atoms with Crippen LogP contribution in [0.4, 0.5) is 0 Å². The van der Waals surface area contributed by atoms with Gasteiger partial charge in [0.2, 0.25) is 0 Å². The lowest BCUT2D eigenvalue weighted by Gasteiger charge is -2.26. The molecule has 5 heterocycles. The molecule has 69 heavy (non-hydrogen) atoms. The molecular formula is C62H33N5S2. The van der Waals surface area contributed by atoms with Gasteiger partial charge in [-0.3, -0.25) is 0 Å². The third kappa shape index (κ3) is 5.10. The number of nitriles is 2. The molecule has 0 amide bonds. The van der Waals surface area contributed by atoms with Crippen LogP contribution in [0.5, 0.6) is 0 Å². The van der Waals surface area contributed by atoms with Crippen molar-refractivity contribution in [3.63, 3.8) is 0 Å². The predicted molar refractivity (Wildman–Crippen MR) is 290 cm³/mol. The van der Waals surface area contributed by atoms with E-state index >= 15 is 0 Å². The highest BCUT2D eigenvalue weighted by molar-refractivity contribution is 7.26. The number of rotatable bonds is 4. The van der Waals surface area contributed by atoms with Crippen molar-refractivity contribution in [2.24, 2.45) is 0 Å². The maximum atomic E-state index is 12.4. The van der Waals surface area contributed by atoms with Crippen LogP contribution in [0.15, 0.2) is 200 Å². The molecule has 0 bridgehead atoms. The van der Waals surface area contributed by atoms with E-state index in [0.717, 1.165) is 92.0 Å². The monoisotopic (exact) mass is 911 g/mol. The number of fused-ring (bicyclic) bond motifs is 16.